The number of halogens is 2. The first kappa shape index (κ1) is 14.3. The van der Waals surface area contributed by atoms with Crippen molar-refractivity contribution in [3.63, 3.8) is 0 Å². The van der Waals surface area contributed by atoms with Gasteiger partial charge in [-0.2, -0.15) is 0 Å². The van der Waals surface area contributed by atoms with E-state index in [1.807, 2.05) is 37.3 Å². The molecule has 5 heteroatoms. The molecule has 0 saturated carbocycles. The molecule has 20 heavy (non-hydrogen) atoms. The average Bonchev–Trinajstić information content (AvgIpc) is 2.43. The predicted octanol–water partition coefficient (Wildman–Crippen LogP) is 4.36. The van der Waals surface area contributed by atoms with Crippen molar-refractivity contribution < 1.29 is 9.18 Å². The zero-order valence-corrected chi connectivity index (χ0v) is 11.6. The molecule has 104 valence electrons. The zero-order chi connectivity index (χ0) is 14.5. The van der Waals surface area contributed by atoms with E-state index in [0.29, 0.717) is 0 Å². The molecule has 0 bridgehead atoms. The van der Waals surface area contributed by atoms with Crippen LogP contribution in [-0.4, -0.2) is 6.03 Å². The highest BCUT2D eigenvalue weighted by atomic mass is 35.5. The Morgan fingerprint density at radius 2 is 1.90 bits per heavy atom. The fourth-order valence-corrected chi connectivity index (χ4v) is 1.93. The highest BCUT2D eigenvalue weighted by molar-refractivity contribution is 6.30. The number of rotatable bonds is 3. The predicted molar refractivity (Wildman–Crippen MR) is 78.4 cm³/mol. The SMILES string of the molecule is CC(NC(=O)Nc1ccc(Cl)cc1F)c1ccccc1. The maximum absolute atomic E-state index is 13.5. The summed E-state index contributed by atoms with van der Waals surface area (Å²) in [7, 11) is 0. The van der Waals surface area contributed by atoms with Gasteiger partial charge in [-0.15, -0.1) is 0 Å². The van der Waals surface area contributed by atoms with Crippen LogP contribution in [0.1, 0.15) is 18.5 Å². The van der Waals surface area contributed by atoms with E-state index in [-0.39, 0.29) is 16.8 Å². The summed E-state index contributed by atoms with van der Waals surface area (Å²) < 4.78 is 13.5. The Bertz CT molecular complexity index is 604. The number of carbonyl (C=O) groups excluding carboxylic acids is 1. The Labute approximate surface area is 121 Å². The largest absolute Gasteiger partial charge is 0.331 e. The molecule has 0 radical (unpaired) electrons. The van der Waals surface area contributed by atoms with E-state index >= 15 is 0 Å². The van der Waals surface area contributed by atoms with Crippen LogP contribution in [0.2, 0.25) is 5.02 Å². The van der Waals surface area contributed by atoms with E-state index < -0.39 is 11.8 Å². The molecule has 0 aliphatic carbocycles. The minimum Gasteiger partial charge on any atom is -0.331 e. The van der Waals surface area contributed by atoms with Crippen molar-refractivity contribution in [1.29, 1.82) is 0 Å². The Morgan fingerprint density at radius 3 is 2.55 bits per heavy atom. The first-order valence-electron chi connectivity index (χ1n) is 6.14. The minimum atomic E-state index is -0.569. The molecule has 0 aromatic heterocycles. The molecule has 0 saturated heterocycles. The summed E-state index contributed by atoms with van der Waals surface area (Å²) in [5.41, 5.74) is 1.06. The molecule has 0 fully saturated rings. The Hall–Kier alpha value is -2.07. The number of benzene rings is 2. The molecular weight excluding hydrogens is 279 g/mol. The summed E-state index contributed by atoms with van der Waals surface area (Å²) in [6.45, 7) is 1.85. The van der Waals surface area contributed by atoms with Gasteiger partial charge in [-0.25, -0.2) is 9.18 Å². The monoisotopic (exact) mass is 292 g/mol. The number of hydrogen-bond acceptors (Lipinski definition) is 1. The summed E-state index contributed by atoms with van der Waals surface area (Å²) in [4.78, 5) is 11.8. The summed E-state index contributed by atoms with van der Waals surface area (Å²) in [6.07, 6.45) is 0. The van der Waals surface area contributed by atoms with Gasteiger partial charge in [0, 0.05) is 5.02 Å². The first-order chi connectivity index (χ1) is 9.56. The lowest BCUT2D eigenvalue weighted by molar-refractivity contribution is 0.249. The van der Waals surface area contributed by atoms with Crippen molar-refractivity contribution in [2.24, 2.45) is 0 Å². The maximum atomic E-state index is 13.5. The van der Waals surface area contributed by atoms with Gasteiger partial charge in [-0.1, -0.05) is 41.9 Å². The van der Waals surface area contributed by atoms with E-state index in [9.17, 15) is 9.18 Å². The van der Waals surface area contributed by atoms with Crippen LogP contribution in [0.15, 0.2) is 48.5 Å². The van der Waals surface area contributed by atoms with Gasteiger partial charge in [0.2, 0.25) is 0 Å². The highest BCUT2D eigenvalue weighted by Gasteiger charge is 2.11. The normalized spacial score (nSPS) is 11.8. The van der Waals surface area contributed by atoms with E-state index in [4.69, 9.17) is 11.6 Å². The van der Waals surface area contributed by atoms with Gasteiger partial charge in [0.05, 0.1) is 11.7 Å². The molecule has 0 aliphatic rings. The van der Waals surface area contributed by atoms with Crippen LogP contribution in [0.5, 0.6) is 0 Å². The topological polar surface area (TPSA) is 41.1 Å². The van der Waals surface area contributed by atoms with Crippen molar-refractivity contribution >= 4 is 23.3 Å². The molecule has 2 aromatic rings. The van der Waals surface area contributed by atoms with Gasteiger partial charge < -0.3 is 10.6 Å². The zero-order valence-electron chi connectivity index (χ0n) is 10.9. The maximum Gasteiger partial charge on any atom is 0.319 e. The van der Waals surface area contributed by atoms with Crippen molar-refractivity contribution in [3.05, 3.63) is 64.9 Å². The fourth-order valence-electron chi connectivity index (χ4n) is 1.77. The second kappa shape index (κ2) is 6.39. The van der Waals surface area contributed by atoms with Crippen LogP contribution in [0.4, 0.5) is 14.9 Å². The van der Waals surface area contributed by atoms with E-state index in [1.54, 1.807) is 0 Å². The average molecular weight is 293 g/mol. The molecule has 2 aromatic carbocycles. The molecular formula is C15H14ClFN2O. The molecule has 2 amide bonds. The van der Waals surface area contributed by atoms with Crippen LogP contribution in [-0.2, 0) is 0 Å². The quantitative estimate of drug-likeness (QED) is 0.867. The van der Waals surface area contributed by atoms with Gasteiger partial charge in [0.25, 0.3) is 0 Å². The third kappa shape index (κ3) is 3.71. The van der Waals surface area contributed by atoms with E-state index in [2.05, 4.69) is 10.6 Å². The summed E-state index contributed by atoms with van der Waals surface area (Å²) in [5.74, 6) is -0.569. The second-order valence-electron chi connectivity index (χ2n) is 4.36. The number of nitrogens with one attached hydrogen (secondary N) is 2. The fraction of sp³-hybridized carbons (Fsp3) is 0.133. The third-order valence-electron chi connectivity index (χ3n) is 2.83. The van der Waals surface area contributed by atoms with Gasteiger partial charge >= 0.3 is 6.03 Å². The molecule has 2 rings (SSSR count). The molecule has 0 aliphatic heterocycles. The first-order valence-corrected chi connectivity index (χ1v) is 6.51. The summed E-state index contributed by atoms with van der Waals surface area (Å²) in [5, 5.41) is 5.47. The van der Waals surface area contributed by atoms with Crippen molar-refractivity contribution in [3.8, 4) is 0 Å². The Balaban J connectivity index is 1.99. The minimum absolute atomic E-state index is 0.0900. The number of carbonyl (C=O) groups is 1. The second-order valence-corrected chi connectivity index (χ2v) is 4.79. The number of urea groups is 1. The lowest BCUT2D eigenvalue weighted by Crippen LogP contribution is -2.31. The number of amides is 2. The van der Waals surface area contributed by atoms with E-state index in [1.165, 1.54) is 12.1 Å². The lowest BCUT2D eigenvalue weighted by atomic mass is 10.1. The molecule has 1 atom stereocenters. The number of anilines is 1. The smallest absolute Gasteiger partial charge is 0.319 e. The van der Waals surface area contributed by atoms with Crippen LogP contribution in [0.25, 0.3) is 0 Å². The van der Waals surface area contributed by atoms with Gasteiger partial charge in [0.1, 0.15) is 5.82 Å². The Kier molecular flexibility index (Phi) is 4.58. The van der Waals surface area contributed by atoms with Crippen LogP contribution in [0, 0.1) is 5.82 Å². The molecule has 0 spiro atoms. The number of hydrogen-bond donors (Lipinski definition) is 2. The van der Waals surface area contributed by atoms with Crippen molar-refractivity contribution in [2.45, 2.75) is 13.0 Å². The van der Waals surface area contributed by atoms with E-state index in [0.717, 1.165) is 11.6 Å². The van der Waals surface area contributed by atoms with Crippen LogP contribution in [0.3, 0.4) is 0 Å². The van der Waals surface area contributed by atoms with Gasteiger partial charge in [-0.3, -0.25) is 0 Å². The summed E-state index contributed by atoms with van der Waals surface area (Å²) in [6, 6.07) is 13.0. The standard InChI is InChI=1S/C15H14ClFN2O/c1-10(11-5-3-2-4-6-11)18-15(20)19-14-8-7-12(16)9-13(14)17/h2-10H,1H3,(H2,18,19,20). The van der Waals surface area contributed by atoms with Crippen LogP contribution < -0.4 is 10.6 Å². The molecule has 0 heterocycles. The van der Waals surface area contributed by atoms with Crippen LogP contribution >= 0.6 is 11.6 Å². The van der Waals surface area contributed by atoms with Crippen molar-refractivity contribution in [1.82, 2.24) is 5.32 Å². The summed E-state index contributed by atoms with van der Waals surface area (Å²) >= 11 is 5.65. The molecule has 1 unspecified atom stereocenters. The lowest BCUT2D eigenvalue weighted by Gasteiger charge is -2.15. The van der Waals surface area contributed by atoms with Crippen molar-refractivity contribution in [2.75, 3.05) is 5.32 Å². The Morgan fingerprint density at radius 1 is 1.20 bits per heavy atom. The third-order valence-corrected chi connectivity index (χ3v) is 3.06. The van der Waals surface area contributed by atoms with Gasteiger partial charge in [0.15, 0.2) is 0 Å². The molecule has 2 N–H and O–H groups in total. The molecule has 3 nitrogen and oxygen atoms in total. The highest BCUT2D eigenvalue weighted by Crippen LogP contribution is 2.19. The van der Waals surface area contributed by atoms with Gasteiger partial charge in [-0.05, 0) is 30.7 Å².